The molecule has 3 aromatic rings. The van der Waals surface area contributed by atoms with Gasteiger partial charge in [0.25, 0.3) is 10.0 Å². The number of amidine groups is 1. The van der Waals surface area contributed by atoms with Crippen LogP contribution in [-0.4, -0.2) is 45.4 Å². The summed E-state index contributed by atoms with van der Waals surface area (Å²) >= 11 is 0. The first kappa shape index (κ1) is 30.9. The molecule has 0 atom stereocenters. The zero-order valence-corrected chi connectivity index (χ0v) is 26.1. The molecule has 7 nitrogen and oxygen atoms in total. The van der Waals surface area contributed by atoms with Gasteiger partial charge in [0.1, 0.15) is 11.9 Å². The van der Waals surface area contributed by atoms with Crippen LogP contribution in [-0.2, 0) is 16.6 Å². The standard InChI is InChI=1S/C32H36N4O3S.C2H6/c1-22-17-29-11-12-31(39-30-13-15-35(16-14-30)24(3)34-4)20-32(29)36(40(22,37)38)21-25-7-5-9-27(18-25)28-10-6-8-26(19-28)23(2)33;1-2/h5-12,17-20,30H,2,13-16,21,33H2,1,3-4H3;1-2H3. The van der Waals surface area contributed by atoms with Crippen LogP contribution < -0.4 is 14.8 Å². The Balaban J connectivity index is 0.00000198. The zero-order chi connectivity index (χ0) is 30.4. The van der Waals surface area contributed by atoms with Gasteiger partial charge in [0.15, 0.2) is 0 Å². The fraction of sp³-hybridized carbons (Fsp3) is 0.324. The average molecular weight is 587 g/mol. The van der Waals surface area contributed by atoms with Crippen LogP contribution in [0, 0.1) is 0 Å². The highest BCUT2D eigenvalue weighted by molar-refractivity contribution is 7.96. The number of rotatable bonds is 6. The van der Waals surface area contributed by atoms with Gasteiger partial charge in [-0.1, -0.05) is 56.8 Å². The summed E-state index contributed by atoms with van der Waals surface area (Å²) < 4.78 is 35.0. The third-order valence-electron chi connectivity index (χ3n) is 7.67. The molecule has 0 saturated carbocycles. The molecular formula is C34H42N4O3S. The quantitative estimate of drug-likeness (QED) is 0.250. The van der Waals surface area contributed by atoms with Crippen LogP contribution >= 0.6 is 0 Å². The van der Waals surface area contributed by atoms with Crippen molar-refractivity contribution in [3.05, 3.63) is 94.9 Å². The van der Waals surface area contributed by atoms with E-state index in [-0.39, 0.29) is 12.6 Å². The second kappa shape index (κ2) is 13.3. The molecule has 1 fully saturated rings. The lowest BCUT2D eigenvalue weighted by molar-refractivity contribution is 0.131. The number of nitrogens with two attached hydrogens (primary N) is 1. The van der Waals surface area contributed by atoms with E-state index in [1.165, 1.54) is 4.31 Å². The van der Waals surface area contributed by atoms with E-state index in [0.717, 1.165) is 59.6 Å². The van der Waals surface area contributed by atoms with Gasteiger partial charge in [-0.3, -0.25) is 9.30 Å². The molecule has 3 aromatic carbocycles. The van der Waals surface area contributed by atoms with Crippen LogP contribution in [0.15, 0.2) is 83.2 Å². The Hall–Kier alpha value is -4.04. The van der Waals surface area contributed by atoms with Gasteiger partial charge in [-0.25, -0.2) is 8.42 Å². The summed E-state index contributed by atoms with van der Waals surface area (Å²) in [5.41, 5.74) is 11.6. The van der Waals surface area contributed by atoms with Crippen LogP contribution in [0.5, 0.6) is 5.75 Å². The molecule has 0 bridgehead atoms. The average Bonchev–Trinajstić information content (AvgIpc) is 3.01. The predicted octanol–water partition coefficient (Wildman–Crippen LogP) is 6.91. The van der Waals surface area contributed by atoms with Gasteiger partial charge < -0.3 is 15.4 Å². The van der Waals surface area contributed by atoms with Crippen molar-refractivity contribution in [2.45, 2.75) is 53.2 Å². The third kappa shape index (κ3) is 6.71. The van der Waals surface area contributed by atoms with Crippen molar-refractivity contribution in [3.8, 4) is 16.9 Å². The number of hydrogen-bond donors (Lipinski definition) is 1. The molecule has 2 N–H and O–H groups in total. The molecule has 222 valence electrons. The number of ether oxygens (including phenoxy) is 1. The molecule has 1 saturated heterocycles. The van der Waals surface area contributed by atoms with Crippen LogP contribution in [0.1, 0.15) is 57.2 Å². The van der Waals surface area contributed by atoms with Crippen LogP contribution in [0.25, 0.3) is 22.9 Å². The Labute approximate surface area is 251 Å². The number of benzene rings is 3. The van der Waals surface area contributed by atoms with E-state index in [0.29, 0.717) is 22.0 Å². The summed E-state index contributed by atoms with van der Waals surface area (Å²) in [5.74, 6) is 1.72. The Kier molecular flexibility index (Phi) is 9.78. The summed E-state index contributed by atoms with van der Waals surface area (Å²) in [7, 11) is -1.87. The molecule has 0 unspecified atom stereocenters. The van der Waals surface area contributed by atoms with Crippen molar-refractivity contribution < 1.29 is 13.2 Å². The lowest BCUT2D eigenvalue weighted by atomic mass is 10.00. The Morgan fingerprint density at radius 1 is 1.02 bits per heavy atom. The molecule has 0 radical (unpaired) electrons. The maximum Gasteiger partial charge on any atom is 0.260 e. The molecule has 5 rings (SSSR count). The van der Waals surface area contributed by atoms with Crippen molar-refractivity contribution in [3.63, 3.8) is 0 Å². The van der Waals surface area contributed by atoms with Crippen LogP contribution in [0.2, 0.25) is 0 Å². The molecule has 8 heteroatoms. The number of nitrogens with zero attached hydrogens (tertiary/aromatic N) is 3. The van der Waals surface area contributed by atoms with Crippen molar-refractivity contribution in [2.75, 3.05) is 24.4 Å². The summed E-state index contributed by atoms with van der Waals surface area (Å²) in [4.78, 5) is 6.88. The van der Waals surface area contributed by atoms with E-state index < -0.39 is 10.0 Å². The van der Waals surface area contributed by atoms with E-state index in [1.54, 1.807) is 13.0 Å². The number of piperidine rings is 1. The third-order valence-corrected chi connectivity index (χ3v) is 9.51. The Morgan fingerprint density at radius 2 is 1.69 bits per heavy atom. The largest absolute Gasteiger partial charge is 0.490 e. The molecule has 2 aliphatic heterocycles. The van der Waals surface area contributed by atoms with E-state index in [4.69, 9.17) is 10.5 Å². The Morgan fingerprint density at radius 3 is 2.36 bits per heavy atom. The number of likely N-dealkylation sites (tertiary alicyclic amines) is 1. The van der Waals surface area contributed by atoms with Crippen LogP contribution in [0.3, 0.4) is 0 Å². The van der Waals surface area contributed by atoms with E-state index >= 15 is 0 Å². The zero-order valence-electron chi connectivity index (χ0n) is 25.3. The monoisotopic (exact) mass is 586 g/mol. The molecule has 2 heterocycles. The van der Waals surface area contributed by atoms with Crippen LogP contribution in [0.4, 0.5) is 5.69 Å². The highest BCUT2D eigenvalue weighted by Gasteiger charge is 2.31. The highest BCUT2D eigenvalue weighted by Crippen LogP contribution is 2.38. The first-order chi connectivity index (χ1) is 20.2. The summed E-state index contributed by atoms with van der Waals surface area (Å²) in [6, 6.07) is 21.5. The molecule has 0 spiro atoms. The lowest BCUT2D eigenvalue weighted by Crippen LogP contribution is -2.40. The van der Waals surface area contributed by atoms with Gasteiger partial charge in [-0.15, -0.1) is 0 Å². The Bertz CT molecular complexity index is 1600. The molecular weight excluding hydrogens is 544 g/mol. The second-order valence-electron chi connectivity index (χ2n) is 10.4. The minimum absolute atomic E-state index is 0.0712. The van der Waals surface area contributed by atoms with Crippen molar-refractivity contribution >= 4 is 33.3 Å². The number of sulfonamides is 1. The van der Waals surface area contributed by atoms with E-state index in [1.807, 2.05) is 94.5 Å². The van der Waals surface area contributed by atoms with E-state index in [9.17, 15) is 8.42 Å². The number of fused-ring (bicyclic) bond motifs is 1. The fourth-order valence-corrected chi connectivity index (χ4v) is 6.61. The SMILES string of the molecule is C=C(N)c1cccc(-c2cccc(CN3c4cc(OC5CCN(C(C)=NC)CC5)ccc4C=C(C)S3(=O)=O)c2)c1.CC. The normalized spacial score (nSPS) is 16.6. The van der Waals surface area contributed by atoms with Gasteiger partial charge in [0, 0.05) is 50.3 Å². The summed E-state index contributed by atoms with van der Waals surface area (Å²) in [6.07, 6.45) is 3.58. The summed E-state index contributed by atoms with van der Waals surface area (Å²) in [6.45, 7) is 13.5. The molecule has 0 aromatic heterocycles. The molecule has 2 aliphatic rings. The highest BCUT2D eigenvalue weighted by atomic mass is 32.2. The summed E-state index contributed by atoms with van der Waals surface area (Å²) in [5, 5.41) is 0. The van der Waals surface area contributed by atoms with Gasteiger partial charge in [-0.2, -0.15) is 0 Å². The number of aliphatic imine (C=N–C) groups is 1. The minimum atomic E-state index is -3.69. The molecule has 42 heavy (non-hydrogen) atoms. The second-order valence-corrected chi connectivity index (χ2v) is 12.4. The fourth-order valence-electron chi connectivity index (χ4n) is 5.25. The minimum Gasteiger partial charge on any atom is -0.490 e. The van der Waals surface area contributed by atoms with Crippen molar-refractivity contribution in [1.29, 1.82) is 0 Å². The first-order valence-corrected chi connectivity index (χ1v) is 15.9. The van der Waals surface area contributed by atoms with Gasteiger partial charge in [-0.05, 0) is 66.4 Å². The number of allylic oxidation sites excluding steroid dienone is 1. The lowest BCUT2D eigenvalue weighted by Gasteiger charge is -2.34. The molecule has 0 amide bonds. The number of hydrogen-bond acceptors (Lipinski definition) is 5. The van der Waals surface area contributed by atoms with Gasteiger partial charge in [0.05, 0.1) is 23.0 Å². The maximum absolute atomic E-state index is 13.6. The van der Waals surface area contributed by atoms with Crippen molar-refractivity contribution in [2.24, 2.45) is 10.7 Å². The maximum atomic E-state index is 13.6. The van der Waals surface area contributed by atoms with Gasteiger partial charge in [0.2, 0.25) is 0 Å². The molecule has 0 aliphatic carbocycles. The predicted molar refractivity (Wildman–Crippen MR) is 176 cm³/mol. The number of anilines is 1. The van der Waals surface area contributed by atoms with Crippen molar-refractivity contribution in [1.82, 2.24) is 4.90 Å². The topological polar surface area (TPSA) is 88.2 Å². The van der Waals surface area contributed by atoms with Gasteiger partial charge >= 0.3 is 0 Å². The smallest absolute Gasteiger partial charge is 0.260 e. The first-order valence-electron chi connectivity index (χ1n) is 14.5. The van der Waals surface area contributed by atoms with E-state index in [2.05, 4.69) is 16.5 Å².